The molecule has 2 heteroatoms. The second-order valence-electron chi connectivity index (χ2n) is 3.99. The van der Waals surface area contributed by atoms with Gasteiger partial charge in [0.1, 0.15) is 0 Å². The molecular weight excluding hydrogens is 164 g/mol. The molecule has 0 aliphatic carbocycles. The Kier molecular flexibility index (Phi) is 6.39. The van der Waals surface area contributed by atoms with E-state index in [1.807, 2.05) is 0 Å². The SMILES string of the molecule is CC(C)C=CC(C)CO[SiH](C)C. The predicted octanol–water partition coefficient (Wildman–Crippen LogP) is 2.83. The highest BCUT2D eigenvalue weighted by molar-refractivity contribution is 6.48. The molecule has 0 aliphatic heterocycles. The van der Waals surface area contributed by atoms with Gasteiger partial charge < -0.3 is 4.43 Å². The predicted molar refractivity (Wildman–Crippen MR) is 58.0 cm³/mol. The van der Waals surface area contributed by atoms with Crippen LogP contribution in [0.1, 0.15) is 20.8 Å². The summed E-state index contributed by atoms with van der Waals surface area (Å²) in [6.45, 7) is 11.9. The summed E-state index contributed by atoms with van der Waals surface area (Å²) >= 11 is 0. The van der Waals surface area contributed by atoms with Crippen LogP contribution in [0, 0.1) is 11.8 Å². The molecule has 0 N–H and O–H groups in total. The highest BCUT2D eigenvalue weighted by atomic mass is 28.3. The van der Waals surface area contributed by atoms with Gasteiger partial charge in [-0.3, -0.25) is 0 Å². The van der Waals surface area contributed by atoms with Gasteiger partial charge in [0.15, 0.2) is 9.04 Å². The van der Waals surface area contributed by atoms with E-state index in [9.17, 15) is 0 Å². The number of hydrogen-bond donors (Lipinski definition) is 0. The van der Waals surface area contributed by atoms with E-state index in [4.69, 9.17) is 4.43 Å². The molecule has 1 nitrogen and oxygen atoms in total. The van der Waals surface area contributed by atoms with Crippen LogP contribution in [-0.4, -0.2) is 15.6 Å². The highest BCUT2D eigenvalue weighted by Gasteiger charge is 2.00. The van der Waals surface area contributed by atoms with Gasteiger partial charge in [0, 0.05) is 6.61 Å². The third kappa shape index (κ3) is 8.02. The summed E-state index contributed by atoms with van der Waals surface area (Å²) < 4.78 is 5.62. The van der Waals surface area contributed by atoms with Crippen molar-refractivity contribution in [2.45, 2.75) is 33.9 Å². The minimum Gasteiger partial charge on any atom is -0.420 e. The van der Waals surface area contributed by atoms with E-state index in [-0.39, 0.29) is 0 Å². The van der Waals surface area contributed by atoms with Crippen LogP contribution in [0.2, 0.25) is 13.1 Å². The molecular formula is C10H22OSi. The molecule has 0 heterocycles. The molecule has 0 saturated heterocycles. The van der Waals surface area contributed by atoms with Crippen molar-refractivity contribution >= 4 is 9.04 Å². The van der Waals surface area contributed by atoms with Crippen molar-refractivity contribution in [3.63, 3.8) is 0 Å². The van der Waals surface area contributed by atoms with Gasteiger partial charge in [-0.1, -0.05) is 32.9 Å². The van der Waals surface area contributed by atoms with Crippen LogP contribution >= 0.6 is 0 Å². The zero-order valence-electron chi connectivity index (χ0n) is 9.00. The van der Waals surface area contributed by atoms with E-state index in [0.717, 1.165) is 6.61 Å². The number of allylic oxidation sites excluding steroid dienone is 1. The maximum atomic E-state index is 5.62. The van der Waals surface area contributed by atoms with Crippen LogP contribution in [0.5, 0.6) is 0 Å². The molecule has 0 amide bonds. The van der Waals surface area contributed by atoms with Crippen LogP contribution in [0.3, 0.4) is 0 Å². The lowest BCUT2D eigenvalue weighted by Gasteiger charge is -2.10. The summed E-state index contributed by atoms with van der Waals surface area (Å²) in [5, 5.41) is 0. The van der Waals surface area contributed by atoms with Crippen molar-refractivity contribution in [3.8, 4) is 0 Å². The minimum atomic E-state index is -0.810. The van der Waals surface area contributed by atoms with Gasteiger partial charge in [-0.25, -0.2) is 0 Å². The summed E-state index contributed by atoms with van der Waals surface area (Å²) in [4.78, 5) is 0. The molecule has 1 atom stereocenters. The van der Waals surface area contributed by atoms with E-state index in [1.165, 1.54) is 0 Å². The lowest BCUT2D eigenvalue weighted by molar-refractivity contribution is 0.291. The fraction of sp³-hybridized carbons (Fsp3) is 0.800. The summed E-state index contributed by atoms with van der Waals surface area (Å²) in [6.07, 6.45) is 4.50. The second-order valence-corrected chi connectivity index (χ2v) is 6.42. The summed E-state index contributed by atoms with van der Waals surface area (Å²) in [7, 11) is -0.810. The second kappa shape index (κ2) is 6.43. The molecule has 0 radical (unpaired) electrons. The van der Waals surface area contributed by atoms with E-state index >= 15 is 0 Å². The first-order valence-corrected chi connectivity index (χ1v) is 7.60. The van der Waals surface area contributed by atoms with Crippen LogP contribution in [-0.2, 0) is 4.43 Å². The largest absolute Gasteiger partial charge is 0.420 e. The molecule has 0 fully saturated rings. The zero-order valence-corrected chi connectivity index (χ0v) is 10.2. The Hall–Kier alpha value is -0.0831. The van der Waals surface area contributed by atoms with Gasteiger partial charge >= 0.3 is 0 Å². The van der Waals surface area contributed by atoms with Crippen molar-refractivity contribution in [3.05, 3.63) is 12.2 Å². The Balaban J connectivity index is 3.52. The van der Waals surface area contributed by atoms with Gasteiger partial charge in [0.05, 0.1) is 0 Å². The van der Waals surface area contributed by atoms with Crippen LogP contribution < -0.4 is 0 Å². The molecule has 72 valence electrons. The quantitative estimate of drug-likeness (QED) is 0.474. The number of hydrogen-bond acceptors (Lipinski definition) is 1. The standard InChI is InChI=1S/C10H22OSi/c1-9(2)6-7-10(3)8-11-12(4)5/h6-7,9-10,12H,8H2,1-5H3. The van der Waals surface area contributed by atoms with Crippen molar-refractivity contribution in [1.29, 1.82) is 0 Å². The van der Waals surface area contributed by atoms with E-state index in [2.05, 4.69) is 46.0 Å². The first-order valence-electron chi connectivity index (χ1n) is 4.82. The van der Waals surface area contributed by atoms with E-state index < -0.39 is 9.04 Å². The average Bonchev–Trinajstić information content (AvgIpc) is 1.96. The minimum absolute atomic E-state index is 0.572. The molecule has 1 unspecified atom stereocenters. The van der Waals surface area contributed by atoms with Crippen molar-refractivity contribution < 1.29 is 4.43 Å². The summed E-state index contributed by atoms with van der Waals surface area (Å²) in [5.74, 6) is 1.23. The lowest BCUT2D eigenvalue weighted by Crippen LogP contribution is -2.13. The van der Waals surface area contributed by atoms with Crippen molar-refractivity contribution in [2.24, 2.45) is 11.8 Å². The fourth-order valence-corrected chi connectivity index (χ4v) is 1.50. The molecule has 0 rings (SSSR count). The summed E-state index contributed by atoms with van der Waals surface area (Å²) in [6, 6.07) is 0. The topological polar surface area (TPSA) is 9.23 Å². The molecule has 12 heavy (non-hydrogen) atoms. The fourth-order valence-electron chi connectivity index (χ4n) is 0.812. The van der Waals surface area contributed by atoms with E-state index in [1.54, 1.807) is 0 Å². The Morgan fingerprint density at radius 2 is 1.75 bits per heavy atom. The van der Waals surface area contributed by atoms with Gasteiger partial charge in [-0.05, 0) is 24.9 Å². The van der Waals surface area contributed by atoms with Crippen molar-refractivity contribution in [2.75, 3.05) is 6.61 Å². The first-order chi connectivity index (χ1) is 5.52. The molecule has 0 bridgehead atoms. The Morgan fingerprint density at radius 1 is 1.17 bits per heavy atom. The Morgan fingerprint density at radius 3 is 2.17 bits per heavy atom. The van der Waals surface area contributed by atoms with Gasteiger partial charge in [-0.15, -0.1) is 0 Å². The number of rotatable bonds is 5. The van der Waals surface area contributed by atoms with Crippen LogP contribution in [0.15, 0.2) is 12.2 Å². The monoisotopic (exact) mass is 186 g/mol. The normalized spacial score (nSPS) is 14.9. The molecule has 0 saturated carbocycles. The Labute approximate surface area is 78.5 Å². The maximum absolute atomic E-state index is 5.62. The van der Waals surface area contributed by atoms with Gasteiger partial charge in [0.2, 0.25) is 0 Å². The molecule has 0 aromatic heterocycles. The van der Waals surface area contributed by atoms with Crippen molar-refractivity contribution in [1.82, 2.24) is 0 Å². The van der Waals surface area contributed by atoms with E-state index in [0.29, 0.717) is 11.8 Å². The molecule has 0 spiro atoms. The molecule has 0 aromatic rings. The van der Waals surface area contributed by atoms with Gasteiger partial charge in [-0.2, -0.15) is 0 Å². The van der Waals surface area contributed by atoms with Crippen LogP contribution in [0.25, 0.3) is 0 Å². The Bertz CT molecular complexity index is 130. The highest BCUT2D eigenvalue weighted by Crippen LogP contribution is 2.03. The average molecular weight is 186 g/mol. The lowest BCUT2D eigenvalue weighted by atomic mass is 10.1. The third-order valence-electron chi connectivity index (χ3n) is 1.52. The first kappa shape index (κ1) is 11.9. The zero-order chi connectivity index (χ0) is 9.56. The molecule has 0 aliphatic rings. The maximum Gasteiger partial charge on any atom is 0.170 e. The van der Waals surface area contributed by atoms with Crippen LogP contribution in [0.4, 0.5) is 0 Å². The smallest absolute Gasteiger partial charge is 0.170 e. The summed E-state index contributed by atoms with van der Waals surface area (Å²) in [5.41, 5.74) is 0. The molecule has 0 aromatic carbocycles. The van der Waals surface area contributed by atoms with Gasteiger partial charge in [0.25, 0.3) is 0 Å². The third-order valence-corrected chi connectivity index (χ3v) is 2.38.